The van der Waals surface area contributed by atoms with Crippen molar-refractivity contribution in [1.29, 1.82) is 0 Å². The predicted octanol–water partition coefficient (Wildman–Crippen LogP) is 3.34. The van der Waals surface area contributed by atoms with Gasteiger partial charge in [-0.2, -0.15) is 0 Å². The number of rotatable bonds is 3. The number of hydrogen-bond acceptors (Lipinski definition) is 3. The van der Waals surface area contributed by atoms with E-state index in [0.717, 1.165) is 29.3 Å². The second-order valence-electron chi connectivity index (χ2n) is 5.79. The minimum Gasteiger partial charge on any atom is -0.306 e. The van der Waals surface area contributed by atoms with Crippen molar-refractivity contribution in [1.82, 2.24) is 15.3 Å². The van der Waals surface area contributed by atoms with Gasteiger partial charge < -0.3 is 5.32 Å². The number of hydrogen-bond donors (Lipinski definition) is 1. The van der Waals surface area contributed by atoms with Crippen LogP contribution in [0.25, 0.3) is 11.4 Å². The maximum absolute atomic E-state index is 4.63. The highest BCUT2D eigenvalue weighted by molar-refractivity contribution is 5.54. The standard InChI is InChI=1S/C16H21N3/c1-12-10-14(11-17-16(2,3)4)19-15(18-12)13-8-6-5-7-9-13/h5-10,17H,11H2,1-4H3. The molecule has 0 saturated carbocycles. The van der Waals surface area contributed by atoms with Crippen LogP contribution in [0.1, 0.15) is 32.2 Å². The van der Waals surface area contributed by atoms with Crippen LogP contribution < -0.4 is 5.32 Å². The fourth-order valence-electron chi connectivity index (χ4n) is 1.80. The molecule has 1 heterocycles. The molecule has 3 heteroatoms. The number of aryl methyl sites for hydroxylation is 1. The van der Waals surface area contributed by atoms with Crippen molar-refractivity contribution >= 4 is 0 Å². The minimum atomic E-state index is 0.0891. The molecule has 0 aliphatic carbocycles. The lowest BCUT2D eigenvalue weighted by atomic mass is 10.1. The van der Waals surface area contributed by atoms with Gasteiger partial charge in [-0.1, -0.05) is 30.3 Å². The molecule has 0 unspecified atom stereocenters. The first-order chi connectivity index (χ1) is 8.94. The van der Waals surface area contributed by atoms with Crippen molar-refractivity contribution in [2.45, 2.75) is 39.8 Å². The number of aromatic nitrogens is 2. The molecule has 19 heavy (non-hydrogen) atoms. The average Bonchev–Trinajstić information content (AvgIpc) is 2.36. The van der Waals surface area contributed by atoms with Gasteiger partial charge >= 0.3 is 0 Å². The van der Waals surface area contributed by atoms with Crippen LogP contribution in [-0.4, -0.2) is 15.5 Å². The summed E-state index contributed by atoms with van der Waals surface area (Å²) in [6.07, 6.45) is 0. The average molecular weight is 255 g/mol. The van der Waals surface area contributed by atoms with Gasteiger partial charge in [-0.05, 0) is 33.8 Å². The van der Waals surface area contributed by atoms with Crippen molar-refractivity contribution in [3.05, 3.63) is 47.8 Å². The van der Waals surface area contributed by atoms with Gasteiger partial charge in [0.2, 0.25) is 0 Å². The molecule has 0 saturated heterocycles. The summed E-state index contributed by atoms with van der Waals surface area (Å²) >= 11 is 0. The lowest BCUT2D eigenvalue weighted by Gasteiger charge is -2.20. The van der Waals surface area contributed by atoms with Crippen LogP contribution in [0.3, 0.4) is 0 Å². The Morgan fingerprint density at radius 3 is 2.37 bits per heavy atom. The smallest absolute Gasteiger partial charge is 0.159 e. The zero-order valence-electron chi connectivity index (χ0n) is 12.1. The summed E-state index contributed by atoms with van der Waals surface area (Å²) in [6, 6.07) is 12.1. The molecule has 2 aromatic rings. The highest BCUT2D eigenvalue weighted by Gasteiger charge is 2.10. The van der Waals surface area contributed by atoms with Gasteiger partial charge in [-0.15, -0.1) is 0 Å². The fraction of sp³-hybridized carbons (Fsp3) is 0.375. The van der Waals surface area contributed by atoms with E-state index < -0.39 is 0 Å². The summed E-state index contributed by atoms with van der Waals surface area (Å²) in [5.74, 6) is 0.798. The predicted molar refractivity (Wildman–Crippen MR) is 78.8 cm³/mol. The third-order valence-electron chi connectivity index (χ3n) is 2.74. The summed E-state index contributed by atoms with van der Waals surface area (Å²) in [6.45, 7) is 9.22. The van der Waals surface area contributed by atoms with E-state index in [2.05, 4.69) is 36.1 Å². The van der Waals surface area contributed by atoms with E-state index in [1.807, 2.05) is 43.3 Å². The van der Waals surface area contributed by atoms with Crippen molar-refractivity contribution in [3.8, 4) is 11.4 Å². The van der Waals surface area contributed by atoms with Gasteiger partial charge in [0.25, 0.3) is 0 Å². The number of nitrogens with zero attached hydrogens (tertiary/aromatic N) is 2. The van der Waals surface area contributed by atoms with E-state index in [0.29, 0.717) is 0 Å². The monoisotopic (exact) mass is 255 g/mol. The van der Waals surface area contributed by atoms with Crippen molar-refractivity contribution in [2.75, 3.05) is 0 Å². The first-order valence-electron chi connectivity index (χ1n) is 6.59. The molecule has 3 nitrogen and oxygen atoms in total. The van der Waals surface area contributed by atoms with Crippen molar-refractivity contribution < 1.29 is 0 Å². The van der Waals surface area contributed by atoms with Crippen molar-refractivity contribution in [3.63, 3.8) is 0 Å². The zero-order chi connectivity index (χ0) is 13.9. The molecule has 2 rings (SSSR count). The molecule has 0 radical (unpaired) electrons. The third kappa shape index (κ3) is 4.14. The van der Waals surface area contributed by atoms with Crippen LogP contribution in [0.2, 0.25) is 0 Å². The van der Waals surface area contributed by atoms with Gasteiger partial charge in [-0.25, -0.2) is 9.97 Å². The molecule has 0 amide bonds. The summed E-state index contributed by atoms with van der Waals surface area (Å²) < 4.78 is 0. The Morgan fingerprint density at radius 1 is 1.05 bits per heavy atom. The lowest BCUT2D eigenvalue weighted by molar-refractivity contribution is 0.421. The SMILES string of the molecule is Cc1cc(CNC(C)(C)C)nc(-c2ccccc2)n1. The van der Waals surface area contributed by atoms with Gasteiger partial charge in [0.1, 0.15) is 0 Å². The maximum Gasteiger partial charge on any atom is 0.159 e. The summed E-state index contributed by atoms with van der Waals surface area (Å²) in [5.41, 5.74) is 3.18. The molecule has 0 bridgehead atoms. The van der Waals surface area contributed by atoms with Gasteiger partial charge in [0.15, 0.2) is 5.82 Å². The van der Waals surface area contributed by atoms with Gasteiger partial charge in [0.05, 0.1) is 5.69 Å². The van der Waals surface area contributed by atoms with E-state index in [9.17, 15) is 0 Å². The Balaban J connectivity index is 2.25. The van der Waals surface area contributed by atoms with E-state index in [-0.39, 0.29) is 5.54 Å². The Kier molecular flexibility index (Phi) is 3.96. The number of benzene rings is 1. The number of nitrogens with one attached hydrogen (secondary N) is 1. The Labute approximate surface area is 115 Å². The fourth-order valence-corrected chi connectivity index (χ4v) is 1.80. The molecule has 0 atom stereocenters. The molecule has 1 N–H and O–H groups in total. The van der Waals surface area contributed by atoms with Gasteiger partial charge in [-0.3, -0.25) is 0 Å². The minimum absolute atomic E-state index is 0.0891. The Morgan fingerprint density at radius 2 is 1.74 bits per heavy atom. The molecular formula is C16H21N3. The van der Waals surface area contributed by atoms with Gasteiger partial charge in [0, 0.05) is 23.3 Å². The van der Waals surface area contributed by atoms with E-state index in [1.165, 1.54) is 0 Å². The molecular weight excluding hydrogens is 234 g/mol. The third-order valence-corrected chi connectivity index (χ3v) is 2.74. The van der Waals surface area contributed by atoms with Crippen LogP contribution in [0.5, 0.6) is 0 Å². The van der Waals surface area contributed by atoms with Crippen LogP contribution in [0, 0.1) is 6.92 Å². The van der Waals surface area contributed by atoms with E-state index >= 15 is 0 Å². The van der Waals surface area contributed by atoms with Crippen LogP contribution >= 0.6 is 0 Å². The molecule has 0 aliphatic heterocycles. The zero-order valence-corrected chi connectivity index (χ0v) is 12.1. The van der Waals surface area contributed by atoms with Crippen LogP contribution in [-0.2, 0) is 6.54 Å². The molecule has 100 valence electrons. The highest BCUT2D eigenvalue weighted by Crippen LogP contribution is 2.15. The first-order valence-corrected chi connectivity index (χ1v) is 6.59. The maximum atomic E-state index is 4.63. The quantitative estimate of drug-likeness (QED) is 0.914. The highest BCUT2D eigenvalue weighted by atomic mass is 15.0. The largest absolute Gasteiger partial charge is 0.306 e. The van der Waals surface area contributed by atoms with E-state index in [4.69, 9.17) is 0 Å². The topological polar surface area (TPSA) is 37.8 Å². The normalized spacial score (nSPS) is 11.6. The second kappa shape index (κ2) is 5.49. The van der Waals surface area contributed by atoms with Crippen molar-refractivity contribution in [2.24, 2.45) is 0 Å². The summed E-state index contributed by atoms with van der Waals surface area (Å²) in [4.78, 5) is 9.14. The molecule has 1 aromatic carbocycles. The molecule has 0 aliphatic rings. The molecule has 0 fully saturated rings. The molecule has 0 spiro atoms. The summed E-state index contributed by atoms with van der Waals surface area (Å²) in [5, 5.41) is 3.45. The Bertz CT molecular complexity index is 542. The van der Waals surface area contributed by atoms with Crippen LogP contribution in [0.15, 0.2) is 36.4 Å². The first kappa shape index (κ1) is 13.7. The molecule has 1 aromatic heterocycles. The lowest BCUT2D eigenvalue weighted by Crippen LogP contribution is -2.35. The second-order valence-corrected chi connectivity index (χ2v) is 5.79. The van der Waals surface area contributed by atoms with Crippen LogP contribution in [0.4, 0.5) is 0 Å². The Hall–Kier alpha value is -1.74. The summed E-state index contributed by atoms with van der Waals surface area (Å²) in [7, 11) is 0. The van der Waals surface area contributed by atoms with E-state index in [1.54, 1.807) is 0 Å².